The third-order valence-corrected chi connectivity index (χ3v) is 7.54. The number of fused-ring (bicyclic) bond motifs is 1. The zero-order valence-electron chi connectivity index (χ0n) is 21.3. The summed E-state index contributed by atoms with van der Waals surface area (Å²) in [5, 5.41) is 13.6. The van der Waals surface area contributed by atoms with Gasteiger partial charge in [0.05, 0.1) is 6.61 Å². The monoisotopic (exact) mass is 491 g/mol. The molecule has 0 aliphatic heterocycles. The van der Waals surface area contributed by atoms with E-state index in [9.17, 15) is 9.90 Å². The lowest BCUT2D eigenvalue weighted by atomic mass is 9.98. The normalized spacial score (nSPS) is 17.7. The van der Waals surface area contributed by atoms with Crippen molar-refractivity contribution in [1.29, 1.82) is 0 Å². The molecule has 7 nitrogen and oxygen atoms in total. The molecule has 1 amide bonds. The Morgan fingerprint density at radius 3 is 2.75 bits per heavy atom. The van der Waals surface area contributed by atoms with E-state index in [1.807, 2.05) is 48.7 Å². The fourth-order valence-corrected chi connectivity index (χ4v) is 5.45. The van der Waals surface area contributed by atoms with Crippen molar-refractivity contribution in [3.05, 3.63) is 59.9 Å². The van der Waals surface area contributed by atoms with Gasteiger partial charge in [-0.2, -0.15) is 0 Å². The van der Waals surface area contributed by atoms with Crippen molar-refractivity contribution in [3.63, 3.8) is 0 Å². The van der Waals surface area contributed by atoms with Crippen molar-refractivity contribution in [2.45, 2.75) is 51.4 Å². The topological polar surface area (TPSA) is 107 Å². The third-order valence-electron chi connectivity index (χ3n) is 7.54. The number of hydrogen-bond donors (Lipinski definition) is 4. The van der Waals surface area contributed by atoms with Crippen LogP contribution in [0.3, 0.4) is 0 Å². The molecule has 1 unspecified atom stereocenters. The van der Waals surface area contributed by atoms with Crippen LogP contribution < -0.4 is 11.1 Å². The van der Waals surface area contributed by atoms with E-state index in [0.717, 1.165) is 55.8 Å². The Balaban J connectivity index is 1.08. The number of rotatable bonds is 14. The van der Waals surface area contributed by atoms with Gasteiger partial charge in [0.2, 0.25) is 0 Å². The van der Waals surface area contributed by atoms with Crippen LogP contribution in [0.4, 0.5) is 5.82 Å². The molecule has 36 heavy (non-hydrogen) atoms. The smallest absolute Gasteiger partial charge is 0.267 e. The Labute approximate surface area is 214 Å². The molecule has 1 aromatic carbocycles. The second kappa shape index (κ2) is 13.4. The number of aromatic amines is 1. The number of carbonyl (C=O) groups excluding carboxylic acids is 1. The van der Waals surface area contributed by atoms with Crippen LogP contribution in [-0.2, 0) is 6.42 Å². The van der Waals surface area contributed by atoms with Crippen LogP contribution in [0.1, 0.15) is 61.0 Å². The van der Waals surface area contributed by atoms with Crippen molar-refractivity contribution >= 4 is 22.6 Å². The number of unbranched alkanes of at least 4 members (excludes halogenated alkanes) is 2. The van der Waals surface area contributed by atoms with Gasteiger partial charge in [0, 0.05) is 36.7 Å². The van der Waals surface area contributed by atoms with Gasteiger partial charge in [0.1, 0.15) is 11.5 Å². The van der Waals surface area contributed by atoms with Gasteiger partial charge in [-0.15, -0.1) is 0 Å². The van der Waals surface area contributed by atoms with E-state index in [0.29, 0.717) is 17.4 Å². The minimum absolute atomic E-state index is 0.00487. The predicted molar refractivity (Wildman–Crippen MR) is 146 cm³/mol. The summed E-state index contributed by atoms with van der Waals surface area (Å²) in [6.45, 7) is 3.64. The fourth-order valence-electron chi connectivity index (χ4n) is 5.45. The molecule has 1 saturated carbocycles. The molecule has 2 heterocycles. The van der Waals surface area contributed by atoms with Crippen LogP contribution in [0.5, 0.6) is 0 Å². The van der Waals surface area contributed by atoms with Crippen LogP contribution in [0.2, 0.25) is 0 Å². The lowest BCUT2D eigenvalue weighted by Gasteiger charge is -2.21. The SMILES string of the molecule is Nc1ccc(CCN(CCO)CCCCCC2CC[C@H](CNC(=O)c3cc4ccccc4[nH]3)C2)cn1. The molecule has 0 radical (unpaired) electrons. The highest BCUT2D eigenvalue weighted by Gasteiger charge is 2.24. The molecule has 7 heteroatoms. The first kappa shape index (κ1) is 26.2. The second-order valence-corrected chi connectivity index (χ2v) is 10.3. The number of aromatic nitrogens is 2. The molecular formula is C29H41N5O2. The van der Waals surface area contributed by atoms with Crippen molar-refractivity contribution in [2.24, 2.45) is 11.8 Å². The second-order valence-electron chi connectivity index (χ2n) is 10.3. The zero-order chi connectivity index (χ0) is 25.2. The molecule has 0 saturated heterocycles. The molecule has 2 atom stereocenters. The number of aliphatic hydroxyl groups excluding tert-OH is 1. The number of nitrogen functional groups attached to an aromatic ring is 1. The Kier molecular flexibility index (Phi) is 9.76. The lowest BCUT2D eigenvalue weighted by molar-refractivity contribution is 0.0943. The number of nitrogens with zero attached hydrogens (tertiary/aromatic N) is 2. The van der Waals surface area contributed by atoms with Crippen LogP contribution in [-0.4, -0.2) is 58.7 Å². The summed E-state index contributed by atoms with van der Waals surface area (Å²) >= 11 is 0. The molecule has 0 spiro atoms. The van der Waals surface area contributed by atoms with Crippen molar-refractivity contribution in [2.75, 3.05) is 38.5 Å². The van der Waals surface area contributed by atoms with Gasteiger partial charge in [-0.05, 0) is 67.8 Å². The largest absolute Gasteiger partial charge is 0.395 e. The Morgan fingerprint density at radius 2 is 1.94 bits per heavy atom. The molecule has 2 aromatic heterocycles. The summed E-state index contributed by atoms with van der Waals surface area (Å²) < 4.78 is 0. The number of anilines is 1. The van der Waals surface area contributed by atoms with Crippen LogP contribution in [0.25, 0.3) is 10.9 Å². The zero-order valence-corrected chi connectivity index (χ0v) is 21.3. The van der Waals surface area contributed by atoms with Crippen molar-refractivity contribution in [1.82, 2.24) is 20.2 Å². The molecule has 3 aromatic rings. The molecule has 1 aliphatic rings. The maximum atomic E-state index is 12.6. The van der Waals surface area contributed by atoms with Gasteiger partial charge < -0.3 is 26.0 Å². The number of H-pyrrole nitrogens is 1. The molecule has 5 N–H and O–H groups in total. The third kappa shape index (κ3) is 7.80. The molecular weight excluding hydrogens is 450 g/mol. The average Bonchev–Trinajstić information content (AvgIpc) is 3.53. The standard InChI is InChI=1S/C29H41N5O2/c30-28-12-11-23(20-31-28)13-15-34(16-17-35)14-5-1-2-6-22-9-10-24(18-22)21-32-29(36)27-19-25-7-3-4-8-26(25)33-27/h3-4,7-8,11-12,19-20,22,24,33,35H,1-2,5-6,9-10,13-18,21H2,(H2,30,31)(H,32,36)/t22?,24-/m0/s1. The molecule has 1 aliphatic carbocycles. The summed E-state index contributed by atoms with van der Waals surface area (Å²) in [6.07, 6.45) is 11.4. The quantitative estimate of drug-likeness (QED) is 0.250. The van der Waals surface area contributed by atoms with Gasteiger partial charge in [-0.25, -0.2) is 4.98 Å². The maximum Gasteiger partial charge on any atom is 0.267 e. The first-order valence-corrected chi connectivity index (χ1v) is 13.5. The fraction of sp³-hybridized carbons (Fsp3) is 0.517. The minimum atomic E-state index is -0.00487. The highest BCUT2D eigenvalue weighted by Crippen LogP contribution is 2.34. The van der Waals surface area contributed by atoms with E-state index >= 15 is 0 Å². The number of nitrogens with one attached hydrogen (secondary N) is 2. The first-order valence-electron chi connectivity index (χ1n) is 13.5. The number of nitrogens with two attached hydrogens (primary N) is 1. The Morgan fingerprint density at radius 1 is 1.08 bits per heavy atom. The van der Waals surface area contributed by atoms with E-state index in [1.54, 1.807) is 0 Å². The van der Waals surface area contributed by atoms with Crippen LogP contribution in [0.15, 0.2) is 48.7 Å². The summed E-state index contributed by atoms with van der Waals surface area (Å²) in [6, 6.07) is 13.8. The number of hydrogen-bond acceptors (Lipinski definition) is 5. The predicted octanol–water partition coefficient (Wildman–Crippen LogP) is 4.39. The highest BCUT2D eigenvalue weighted by atomic mass is 16.3. The van der Waals surface area contributed by atoms with E-state index < -0.39 is 0 Å². The van der Waals surface area contributed by atoms with Gasteiger partial charge in [0.25, 0.3) is 5.91 Å². The number of pyridine rings is 1. The maximum absolute atomic E-state index is 12.6. The van der Waals surface area contributed by atoms with Gasteiger partial charge >= 0.3 is 0 Å². The number of amides is 1. The average molecular weight is 492 g/mol. The van der Waals surface area contributed by atoms with Crippen LogP contribution >= 0.6 is 0 Å². The number of aliphatic hydroxyl groups is 1. The molecule has 4 rings (SSSR count). The van der Waals surface area contributed by atoms with E-state index in [1.165, 1.54) is 44.1 Å². The Hall–Kier alpha value is -2.90. The van der Waals surface area contributed by atoms with E-state index in [-0.39, 0.29) is 12.5 Å². The summed E-state index contributed by atoms with van der Waals surface area (Å²) in [4.78, 5) is 22.3. The van der Waals surface area contributed by atoms with Gasteiger partial charge in [0.15, 0.2) is 0 Å². The number of benzene rings is 1. The molecule has 194 valence electrons. The Bertz CT molecular complexity index is 1050. The minimum Gasteiger partial charge on any atom is -0.395 e. The first-order chi connectivity index (χ1) is 17.6. The number of carbonyl (C=O) groups is 1. The van der Waals surface area contributed by atoms with E-state index in [4.69, 9.17) is 5.73 Å². The van der Waals surface area contributed by atoms with Crippen molar-refractivity contribution in [3.8, 4) is 0 Å². The molecule has 0 bridgehead atoms. The van der Waals surface area contributed by atoms with Crippen molar-refractivity contribution < 1.29 is 9.90 Å². The van der Waals surface area contributed by atoms with E-state index in [2.05, 4.69) is 20.2 Å². The number of para-hydroxylation sites is 1. The van der Waals surface area contributed by atoms with Gasteiger partial charge in [-0.3, -0.25) is 4.79 Å². The lowest BCUT2D eigenvalue weighted by Crippen LogP contribution is -2.30. The summed E-state index contributed by atoms with van der Waals surface area (Å²) in [5.74, 6) is 1.92. The molecule has 1 fully saturated rings. The van der Waals surface area contributed by atoms with Crippen LogP contribution in [0, 0.1) is 11.8 Å². The highest BCUT2D eigenvalue weighted by molar-refractivity contribution is 5.97. The van der Waals surface area contributed by atoms with Gasteiger partial charge in [-0.1, -0.05) is 49.9 Å². The summed E-state index contributed by atoms with van der Waals surface area (Å²) in [5.41, 5.74) is 8.49. The summed E-state index contributed by atoms with van der Waals surface area (Å²) in [7, 11) is 0.